The van der Waals surface area contributed by atoms with E-state index in [0.29, 0.717) is 32.5 Å². The number of allylic oxidation sites excluding steroid dienone is 1. The highest BCUT2D eigenvalue weighted by atomic mass is 35.5. The first-order valence-electron chi connectivity index (χ1n) is 9.96. The summed E-state index contributed by atoms with van der Waals surface area (Å²) in [7, 11) is 0. The van der Waals surface area contributed by atoms with Gasteiger partial charge in [0.25, 0.3) is 0 Å². The van der Waals surface area contributed by atoms with E-state index in [2.05, 4.69) is 27.8 Å². The number of carbonyl (C=O) groups is 2. The number of nitrogens with zero attached hydrogens (tertiary/aromatic N) is 1. The number of aliphatic carboxylic acids is 1. The maximum Gasteiger partial charge on any atom is 0.303 e. The van der Waals surface area contributed by atoms with Crippen molar-refractivity contribution in [3.8, 4) is 0 Å². The number of hydrogen-bond acceptors (Lipinski definition) is 4. The first-order chi connectivity index (χ1) is 14.1. The number of aromatic nitrogens is 1. The molecule has 0 saturated heterocycles. The molecule has 1 atom stereocenters. The van der Waals surface area contributed by atoms with Crippen LogP contribution in [-0.4, -0.2) is 35.1 Å². The number of nitrogens with one attached hydrogen (secondary N) is 2. The van der Waals surface area contributed by atoms with Crippen LogP contribution in [0.25, 0.3) is 0 Å². The van der Waals surface area contributed by atoms with Gasteiger partial charge in [-0.25, -0.2) is 0 Å². The number of fused-ring (bicyclic) bond motifs is 1. The van der Waals surface area contributed by atoms with Crippen LogP contribution in [0.4, 0.5) is 0 Å². The molecule has 1 aliphatic carbocycles. The summed E-state index contributed by atoms with van der Waals surface area (Å²) in [4.78, 5) is 27.7. The zero-order valence-electron chi connectivity index (χ0n) is 16.8. The fourth-order valence-corrected chi connectivity index (χ4v) is 3.64. The molecule has 1 aliphatic rings. The number of carboxylic acid groups (broad SMARTS) is 1. The fourth-order valence-electron chi connectivity index (χ4n) is 3.64. The first-order valence-corrected chi connectivity index (χ1v) is 9.96. The summed E-state index contributed by atoms with van der Waals surface area (Å²) in [5, 5.41) is 15.5. The second-order valence-corrected chi connectivity index (χ2v) is 7.29. The van der Waals surface area contributed by atoms with Gasteiger partial charge in [-0.2, -0.15) is 0 Å². The Morgan fingerprint density at radius 3 is 2.67 bits per heavy atom. The number of benzene rings is 1. The Balaban J connectivity index is 0.00000320. The Kier molecular flexibility index (Phi) is 9.51. The highest BCUT2D eigenvalue weighted by Crippen LogP contribution is 2.33. The molecule has 3 rings (SSSR count). The fraction of sp³-hybridized carbons (Fsp3) is 0.348. The highest BCUT2D eigenvalue weighted by Gasteiger charge is 2.22. The summed E-state index contributed by atoms with van der Waals surface area (Å²) in [6.07, 6.45) is 5.78. The van der Waals surface area contributed by atoms with Crippen molar-refractivity contribution < 1.29 is 14.7 Å². The van der Waals surface area contributed by atoms with Gasteiger partial charge in [0.15, 0.2) is 0 Å². The predicted molar refractivity (Wildman–Crippen MR) is 119 cm³/mol. The van der Waals surface area contributed by atoms with Gasteiger partial charge in [0.05, 0.1) is 12.1 Å². The zero-order chi connectivity index (χ0) is 20.5. The largest absolute Gasteiger partial charge is 0.481 e. The molecule has 1 unspecified atom stereocenters. The van der Waals surface area contributed by atoms with E-state index in [-0.39, 0.29) is 30.7 Å². The second kappa shape index (κ2) is 12.1. The Labute approximate surface area is 183 Å². The molecular weight excluding hydrogens is 402 g/mol. The van der Waals surface area contributed by atoms with Crippen LogP contribution in [0.1, 0.15) is 42.0 Å². The lowest BCUT2D eigenvalue weighted by Crippen LogP contribution is -2.29. The first kappa shape index (κ1) is 23.6. The minimum atomic E-state index is -0.797. The molecule has 0 fully saturated rings. The number of hydrogen-bond donors (Lipinski definition) is 3. The van der Waals surface area contributed by atoms with E-state index >= 15 is 0 Å². The van der Waals surface area contributed by atoms with Crippen LogP contribution >= 0.6 is 12.4 Å². The molecule has 7 heteroatoms. The lowest BCUT2D eigenvalue weighted by Gasteiger charge is -2.17. The summed E-state index contributed by atoms with van der Waals surface area (Å²) < 4.78 is 0. The quantitative estimate of drug-likeness (QED) is 0.420. The molecule has 0 saturated carbocycles. The third-order valence-electron chi connectivity index (χ3n) is 5.11. The maximum atomic E-state index is 12.2. The lowest BCUT2D eigenvalue weighted by molar-refractivity contribution is -0.137. The number of amides is 1. The van der Waals surface area contributed by atoms with Crippen molar-refractivity contribution in [2.24, 2.45) is 0 Å². The standard InChI is InChI=1S/C23H27N3O3.ClH/c27-22(10-12-24-16-20-6-3-4-11-25-20)26-15-17-8-9-18-5-1-2-7-21(18)19(13-17)14-23(28)29;/h1-8,11,19,24H,9-10,12-16H2,(H,26,27)(H,28,29);1H. The van der Waals surface area contributed by atoms with Crippen LogP contribution in [0.15, 0.2) is 60.3 Å². The monoisotopic (exact) mass is 429 g/mol. The van der Waals surface area contributed by atoms with Gasteiger partial charge in [-0.05, 0) is 42.0 Å². The minimum absolute atomic E-state index is 0. The lowest BCUT2D eigenvalue weighted by atomic mass is 9.88. The SMILES string of the molecule is Cl.O=C(O)CC1CC(CNC(=O)CCNCc2ccccn2)=CCc2ccccc21. The third-order valence-corrected chi connectivity index (χ3v) is 5.11. The average Bonchev–Trinajstić information content (AvgIpc) is 2.90. The van der Waals surface area contributed by atoms with Crippen molar-refractivity contribution in [1.29, 1.82) is 0 Å². The van der Waals surface area contributed by atoms with E-state index in [1.807, 2.05) is 36.4 Å². The van der Waals surface area contributed by atoms with Crippen molar-refractivity contribution in [3.05, 3.63) is 77.1 Å². The second-order valence-electron chi connectivity index (χ2n) is 7.29. The van der Waals surface area contributed by atoms with Gasteiger partial charge in [0, 0.05) is 32.3 Å². The van der Waals surface area contributed by atoms with Gasteiger partial charge in [-0.15, -0.1) is 12.4 Å². The molecule has 0 spiro atoms. The van der Waals surface area contributed by atoms with Crippen LogP contribution < -0.4 is 10.6 Å². The molecule has 0 aliphatic heterocycles. The van der Waals surface area contributed by atoms with Gasteiger partial charge >= 0.3 is 5.97 Å². The molecular formula is C23H28ClN3O3. The van der Waals surface area contributed by atoms with E-state index in [1.165, 1.54) is 5.56 Å². The van der Waals surface area contributed by atoms with Crippen LogP contribution in [0.3, 0.4) is 0 Å². The average molecular weight is 430 g/mol. The van der Waals surface area contributed by atoms with E-state index in [1.54, 1.807) is 6.20 Å². The van der Waals surface area contributed by atoms with Crippen LogP contribution in [0.5, 0.6) is 0 Å². The van der Waals surface area contributed by atoms with Crippen molar-refractivity contribution in [1.82, 2.24) is 15.6 Å². The van der Waals surface area contributed by atoms with Gasteiger partial charge in [-0.3, -0.25) is 14.6 Å². The molecule has 3 N–H and O–H groups in total. The van der Waals surface area contributed by atoms with Gasteiger partial charge in [-0.1, -0.05) is 42.0 Å². The number of pyridine rings is 1. The molecule has 2 aromatic rings. The molecule has 1 amide bonds. The molecule has 30 heavy (non-hydrogen) atoms. The summed E-state index contributed by atoms with van der Waals surface area (Å²) in [6, 6.07) is 13.8. The molecule has 1 heterocycles. The minimum Gasteiger partial charge on any atom is -0.481 e. The van der Waals surface area contributed by atoms with E-state index in [9.17, 15) is 14.7 Å². The summed E-state index contributed by atoms with van der Waals surface area (Å²) in [5.74, 6) is -0.876. The van der Waals surface area contributed by atoms with E-state index in [4.69, 9.17) is 0 Å². The smallest absolute Gasteiger partial charge is 0.303 e. The highest BCUT2D eigenvalue weighted by molar-refractivity contribution is 5.85. The molecule has 0 radical (unpaired) electrons. The number of rotatable bonds is 9. The van der Waals surface area contributed by atoms with Crippen molar-refractivity contribution in [2.45, 2.75) is 38.1 Å². The number of carboxylic acids is 1. The third kappa shape index (κ3) is 7.28. The summed E-state index contributed by atoms with van der Waals surface area (Å²) >= 11 is 0. The number of carbonyl (C=O) groups excluding carboxylic acids is 1. The molecule has 0 bridgehead atoms. The normalized spacial score (nSPS) is 15.2. The van der Waals surface area contributed by atoms with Crippen LogP contribution in [0, 0.1) is 0 Å². The Morgan fingerprint density at radius 2 is 1.90 bits per heavy atom. The summed E-state index contributed by atoms with van der Waals surface area (Å²) in [5.41, 5.74) is 4.30. The number of halogens is 1. The van der Waals surface area contributed by atoms with Gasteiger partial charge < -0.3 is 15.7 Å². The van der Waals surface area contributed by atoms with Crippen LogP contribution in [0.2, 0.25) is 0 Å². The maximum absolute atomic E-state index is 12.2. The van der Waals surface area contributed by atoms with Crippen molar-refractivity contribution >= 4 is 24.3 Å². The van der Waals surface area contributed by atoms with E-state index in [0.717, 1.165) is 23.3 Å². The van der Waals surface area contributed by atoms with Gasteiger partial charge in [0.1, 0.15) is 0 Å². The molecule has 160 valence electrons. The molecule has 6 nitrogen and oxygen atoms in total. The van der Waals surface area contributed by atoms with Crippen molar-refractivity contribution in [2.75, 3.05) is 13.1 Å². The Bertz CT molecular complexity index is 871. The summed E-state index contributed by atoms with van der Waals surface area (Å²) in [6.45, 7) is 1.67. The topological polar surface area (TPSA) is 91.3 Å². The van der Waals surface area contributed by atoms with E-state index < -0.39 is 5.97 Å². The van der Waals surface area contributed by atoms with Gasteiger partial charge in [0.2, 0.25) is 5.91 Å². The Hall–Kier alpha value is -2.70. The van der Waals surface area contributed by atoms with Crippen LogP contribution in [-0.2, 0) is 22.6 Å². The zero-order valence-corrected chi connectivity index (χ0v) is 17.7. The molecule has 1 aromatic carbocycles. The predicted octanol–water partition coefficient (Wildman–Crippen LogP) is 3.23. The van der Waals surface area contributed by atoms with Crippen molar-refractivity contribution in [3.63, 3.8) is 0 Å². The Morgan fingerprint density at radius 1 is 1.10 bits per heavy atom. The molecule has 1 aromatic heterocycles.